The minimum atomic E-state index is -1.45. The Kier molecular flexibility index (Phi) is 3.37. The number of halogens is 1. The fourth-order valence-electron chi connectivity index (χ4n) is 0.853. The van der Waals surface area contributed by atoms with Crippen LogP contribution in [-0.4, -0.2) is 17.9 Å². The lowest BCUT2D eigenvalue weighted by Crippen LogP contribution is -2.21. The van der Waals surface area contributed by atoms with Gasteiger partial charge < -0.3 is 0 Å². The molecule has 0 aromatic carbocycles. The van der Waals surface area contributed by atoms with E-state index in [1.54, 1.807) is 7.05 Å². The molecule has 0 aliphatic heterocycles. The van der Waals surface area contributed by atoms with Gasteiger partial charge in [-0.1, -0.05) is 37.2 Å². The summed E-state index contributed by atoms with van der Waals surface area (Å²) >= 11 is 5.87. The van der Waals surface area contributed by atoms with Crippen LogP contribution in [0.2, 0.25) is 24.7 Å². The van der Waals surface area contributed by atoms with Gasteiger partial charge in [0.05, 0.1) is 11.8 Å². The maximum atomic E-state index is 11.4. The van der Waals surface area contributed by atoms with Crippen molar-refractivity contribution in [2.24, 2.45) is 7.05 Å². The molecule has 0 fully saturated rings. The van der Waals surface area contributed by atoms with Crippen LogP contribution in [0.1, 0.15) is 5.56 Å². The van der Waals surface area contributed by atoms with Gasteiger partial charge in [-0.2, -0.15) is 5.10 Å². The summed E-state index contributed by atoms with van der Waals surface area (Å²) in [5.41, 5.74) is 3.35. The molecule has 0 aliphatic rings. The Labute approximate surface area is 95.1 Å². The van der Waals surface area contributed by atoms with Crippen LogP contribution in [0.3, 0.4) is 0 Å². The van der Waals surface area contributed by atoms with Crippen LogP contribution in [0.4, 0.5) is 0 Å². The third-order valence-corrected chi connectivity index (χ3v) is 2.89. The molecule has 0 atom stereocenters. The highest BCUT2D eigenvalue weighted by atomic mass is 35.5. The summed E-state index contributed by atoms with van der Waals surface area (Å²) in [5, 5.41) is 4.02. The molecule has 0 bridgehead atoms. The number of aromatic nitrogens is 2. The van der Waals surface area contributed by atoms with Crippen LogP contribution < -0.4 is 5.56 Å². The van der Waals surface area contributed by atoms with Crippen molar-refractivity contribution in [3.8, 4) is 11.5 Å². The van der Waals surface area contributed by atoms with Gasteiger partial charge >= 0.3 is 0 Å². The first-order valence-electron chi connectivity index (χ1n) is 4.56. The molecule has 1 heterocycles. The molecule has 0 aliphatic carbocycles. The molecule has 0 unspecified atom stereocenters. The smallest absolute Gasteiger partial charge is 0.266 e. The Morgan fingerprint density at radius 3 is 2.60 bits per heavy atom. The predicted octanol–water partition coefficient (Wildman–Crippen LogP) is 1.66. The van der Waals surface area contributed by atoms with E-state index in [1.807, 2.05) is 0 Å². The molecular formula is C10H13ClN2OSi. The highest BCUT2D eigenvalue weighted by molar-refractivity contribution is 6.83. The zero-order valence-corrected chi connectivity index (χ0v) is 11.0. The van der Waals surface area contributed by atoms with Crippen molar-refractivity contribution in [3.63, 3.8) is 0 Å². The Bertz CT molecular complexity index is 491. The van der Waals surface area contributed by atoms with E-state index < -0.39 is 8.07 Å². The van der Waals surface area contributed by atoms with Gasteiger partial charge in [0, 0.05) is 7.05 Å². The van der Waals surface area contributed by atoms with E-state index in [1.165, 1.54) is 10.9 Å². The average Bonchev–Trinajstić information content (AvgIpc) is 2.12. The van der Waals surface area contributed by atoms with Crippen molar-refractivity contribution in [3.05, 3.63) is 27.1 Å². The molecule has 3 nitrogen and oxygen atoms in total. The third kappa shape index (κ3) is 3.22. The molecule has 1 aromatic heterocycles. The van der Waals surface area contributed by atoms with Gasteiger partial charge in [0.15, 0.2) is 0 Å². The highest BCUT2D eigenvalue weighted by Gasteiger charge is 2.09. The average molecular weight is 241 g/mol. The minimum Gasteiger partial charge on any atom is -0.266 e. The lowest BCUT2D eigenvalue weighted by Gasteiger charge is -2.04. The largest absolute Gasteiger partial charge is 0.286 e. The molecule has 0 saturated heterocycles. The van der Waals surface area contributed by atoms with Gasteiger partial charge in [-0.05, 0) is 0 Å². The zero-order chi connectivity index (χ0) is 11.6. The normalized spacial score (nSPS) is 10.7. The topological polar surface area (TPSA) is 34.9 Å². The van der Waals surface area contributed by atoms with Crippen molar-refractivity contribution >= 4 is 19.7 Å². The SMILES string of the molecule is Cn1ncc(C#C[Si](C)(C)C)c(Cl)c1=O. The summed E-state index contributed by atoms with van der Waals surface area (Å²) in [7, 11) is 0.109. The molecule has 1 aromatic rings. The molecule has 0 radical (unpaired) electrons. The summed E-state index contributed by atoms with van der Waals surface area (Å²) in [6.07, 6.45) is 1.52. The summed E-state index contributed by atoms with van der Waals surface area (Å²) in [6, 6.07) is 0. The molecule has 0 N–H and O–H groups in total. The van der Waals surface area contributed by atoms with Crippen LogP contribution in [0, 0.1) is 11.5 Å². The van der Waals surface area contributed by atoms with E-state index in [0.29, 0.717) is 5.56 Å². The molecule has 0 amide bonds. The quantitative estimate of drug-likeness (QED) is 0.511. The Hall–Kier alpha value is -1.05. The molecular weight excluding hydrogens is 228 g/mol. The second kappa shape index (κ2) is 4.21. The van der Waals surface area contributed by atoms with E-state index in [2.05, 4.69) is 36.2 Å². The van der Waals surface area contributed by atoms with Crippen LogP contribution in [0.5, 0.6) is 0 Å². The van der Waals surface area contributed by atoms with Gasteiger partial charge in [0.1, 0.15) is 13.1 Å². The summed E-state index contributed by atoms with van der Waals surface area (Å²) in [6.45, 7) is 6.38. The van der Waals surface area contributed by atoms with E-state index in [9.17, 15) is 4.79 Å². The number of hydrogen-bond acceptors (Lipinski definition) is 2. The summed E-state index contributed by atoms with van der Waals surface area (Å²) in [5.74, 6) is 2.92. The number of nitrogens with zero attached hydrogens (tertiary/aromatic N) is 2. The Morgan fingerprint density at radius 1 is 1.47 bits per heavy atom. The second-order valence-corrected chi connectivity index (χ2v) is 9.43. The number of rotatable bonds is 0. The first kappa shape index (κ1) is 12.0. The maximum absolute atomic E-state index is 11.4. The van der Waals surface area contributed by atoms with E-state index >= 15 is 0 Å². The maximum Gasteiger partial charge on any atom is 0.286 e. The molecule has 1 rings (SSSR count). The molecule has 0 spiro atoms. The predicted molar refractivity (Wildman–Crippen MR) is 64.7 cm³/mol. The van der Waals surface area contributed by atoms with E-state index in [4.69, 9.17) is 11.6 Å². The molecule has 15 heavy (non-hydrogen) atoms. The Balaban J connectivity index is 3.23. The Morgan fingerprint density at radius 2 is 2.07 bits per heavy atom. The lowest BCUT2D eigenvalue weighted by atomic mass is 10.3. The first-order chi connectivity index (χ1) is 6.81. The van der Waals surface area contributed by atoms with Crippen molar-refractivity contribution in [1.29, 1.82) is 0 Å². The molecule has 0 saturated carbocycles. The van der Waals surface area contributed by atoms with Crippen LogP contribution in [0.25, 0.3) is 0 Å². The molecule has 5 heteroatoms. The van der Waals surface area contributed by atoms with Crippen molar-refractivity contribution in [1.82, 2.24) is 9.78 Å². The fraction of sp³-hybridized carbons (Fsp3) is 0.400. The zero-order valence-electron chi connectivity index (χ0n) is 9.26. The summed E-state index contributed by atoms with van der Waals surface area (Å²) in [4.78, 5) is 11.4. The van der Waals surface area contributed by atoms with Gasteiger partial charge in [-0.3, -0.25) is 4.79 Å². The number of aryl methyl sites for hydroxylation is 1. The first-order valence-corrected chi connectivity index (χ1v) is 8.44. The third-order valence-electron chi connectivity index (χ3n) is 1.65. The van der Waals surface area contributed by atoms with E-state index in [-0.39, 0.29) is 10.6 Å². The van der Waals surface area contributed by atoms with Crippen LogP contribution in [-0.2, 0) is 7.05 Å². The van der Waals surface area contributed by atoms with Gasteiger partial charge in [0.2, 0.25) is 0 Å². The van der Waals surface area contributed by atoms with Crippen molar-refractivity contribution < 1.29 is 0 Å². The monoisotopic (exact) mass is 240 g/mol. The van der Waals surface area contributed by atoms with Gasteiger partial charge in [-0.15, -0.1) is 5.54 Å². The summed E-state index contributed by atoms with van der Waals surface area (Å²) < 4.78 is 1.20. The minimum absolute atomic E-state index is 0.151. The van der Waals surface area contributed by atoms with Crippen molar-refractivity contribution in [2.75, 3.05) is 0 Å². The van der Waals surface area contributed by atoms with E-state index in [0.717, 1.165) is 0 Å². The standard InChI is InChI=1S/C10H13ClN2OSi/c1-13-10(14)9(11)8(7-12-13)5-6-15(2,3)4/h7H,1-4H3. The second-order valence-electron chi connectivity index (χ2n) is 4.30. The molecule has 80 valence electrons. The number of hydrogen-bond donors (Lipinski definition) is 0. The van der Waals surface area contributed by atoms with Crippen LogP contribution >= 0.6 is 11.6 Å². The highest BCUT2D eigenvalue weighted by Crippen LogP contribution is 2.07. The van der Waals surface area contributed by atoms with Gasteiger partial charge in [0.25, 0.3) is 5.56 Å². The van der Waals surface area contributed by atoms with Crippen molar-refractivity contribution in [2.45, 2.75) is 19.6 Å². The van der Waals surface area contributed by atoms with Gasteiger partial charge in [-0.25, -0.2) is 4.68 Å². The lowest BCUT2D eigenvalue weighted by molar-refractivity contribution is 0.706. The van der Waals surface area contributed by atoms with Crippen LogP contribution in [0.15, 0.2) is 11.0 Å². The fourth-order valence-corrected chi connectivity index (χ4v) is 1.58.